The Labute approximate surface area is 183 Å². The maximum Gasteiger partial charge on any atom is 0.243 e. The van der Waals surface area contributed by atoms with E-state index in [-0.39, 0.29) is 24.4 Å². The molecule has 0 aliphatic rings. The summed E-state index contributed by atoms with van der Waals surface area (Å²) in [6, 6.07) is 14.4. The largest absolute Gasteiger partial charge is 0.352 e. The molecular formula is C23H28Cl2N2O2. The van der Waals surface area contributed by atoms with E-state index in [1.807, 2.05) is 50.2 Å². The van der Waals surface area contributed by atoms with Gasteiger partial charge in [0.25, 0.3) is 0 Å². The lowest BCUT2D eigenvalue weighted by atomic mass is 10.0. The van der Waals surface area contributed by atoms with Crippen molar-refractivity contribution in [2.75, 3.05) is 0 Å². The number of rotatable bonds is 9. The molecule has 2 aromatic rings. The lowest BCUT2D eigenvalue weighted by Crippen LogP contribution is -2.52. The molecule has 2 amide bonds. The van der Waals surface area contributed by atoms with Gasteiger partial charge in [0.05, 0.1) is 10.0 Å². The second-order valence-corrected chi connectivity index (χ2v) is 7.96. The fraction of sp³-hybridized carbons (Fsp3) is 0.391. The van der Waals surface area contributed by atoms with Gasteiger partial charge in [0, 0.05) is 25.4 Å². The van der Waals surface area contributed by atoms with Gasteiger partial charge in [-0.15, -0.1) is 0 Å². The molecular weight excluding hydrogens is 407 g/mol. The summed E-state index contributed by atoms with van der Waals surface area (Å²) < 4.78 is 0. The van der Waals surface area contributed by atoms with E-state index < -0.39 is 6.04 Å². The Morgan fingerprint density at radius 3 is 2.28 bits per heavy atom. The third-order valence-electron chi connectivity index (χ3n) is 4.91. The Morgan fingerprint density at radius 1 is 1.00 bits per heavy atom. The highest BCUT2D eigenvalue weighted by Crippen LogP contribution is 2.24. The number of nitrogens with zero attached hydrogens (tertiary/aromatic N) is 1. The van der Waals surface area contributed by atoms with E-state index in [0.717, 1.165) is 17.5 Å². The zero-order valence-electron chi connectivity index (χ0n) is 17.1. The van der Waals surface area contributed by atoms with Crippen molar-refractivity contribution in [3.63, 3.8) is 0 Å². The molecule has 29 heavy (non-hydrogen) atoms. The number of carbonyl (C=O) groups excluding carboxylic acids is 2. The van der Waals surface area contributed by atoms with Gasteiger partial charge in [0.2, 0.25) is 11.8 Å². The third kappa shape index (κ3) is 6.76. The zero-order valence-corrected chi connectivity index (χ0v) is 18.6. The summed E-state index contributed by atoms with van der Waals surface area (Å²) in [7, 11) is 0. The molecule has 0 aliphatic heterocycles. The molecule has 1 N–H and O–H groups in total. The Balaban J connectivity index is 2.37. The fourth-order valence-electron chi connectivity index (χ4n) is 3.03. The topological polar surface area (TPSA) is 49.4 Å². The summed E-state index contributed by atoms with van der Waals surface area (Å²) in [6.45, 7) is 6.07. The molecule has 156 valence electrons. The van der Waals surface area contributed by atoms with Gasteiger partial charge in [-0.05, 0) is 36.6 Å². The Kier molecular flexibility index (Phi) is 8.99. The Bertz CT molecular complexity index is 827. The van der Waals surface area contributed by atoms with Crippen molar-refractivity contribution in [3.8, 4) is 0 Å². The minimum absolute atomic E-state index is 0.0318. The molecule has 0 saturated heterocycles. The van der Waals surface area contributed by atoms with Crippen LogP contribution in [0.2, 0.25) is 10.0 Å². The Hall–Kier alpha value is -2.04. The summed E-state index contributed by atoms with van der Waals surface area (Å²) in [5, 5.41) is 3.92. The highest BCUT2D eigenvalue weighted by molar-refractivity contribution is 6.42. The predicted octanol–water partition coefficient (Wildman–Crippen LogP) is 5.26. The molecule has 2 rings (SSSR count). The van der Waals surface area contributed by atoms with Crippen LogP contribution in [-0.4, -0.2) is 28.8 Å². The van der Waals surface area contributed by atoms with Crippen LogP contribution in [0.15, 0.2) is 48.5 Å². The normalized spacial score (nSPS) is 12.9. The average Bonchev–Trinajstić information content (AvgIpc) is 2.73. The van der Waals surface area contributed by atoms with Crippen molar-refractivity contribution in [1.29, 1.82) is 0 Å². The maximum absolute atomic E-state index is 13.1. The molecule has 4 nitrogen and oxygen atoms in total. The fourth-order valence-corrected chi connectivity index (χ4v) is 3.35. The van der Waals surface area contributed by atoms with E-state index in [0.29, 0.717) is 22.9 Å². The molecule has 0 radical (unpaired) electrons. The summed E-state index contributed by atoms with van der Waals surface area (Å²) in [5.41, 5.74) is 1.83. The molecule has 0 spiro atoms. The molecule has 0 bridgehead atoms. The molecule has 2 aromatic carbocycles. The first kappa shape index (κ1) is 23.2. The molecule has 0 aliphatic carbocycles. The van der Waals surface area contributed by atoms with E-state index in [1.54, 1.807) is 24.0 Å². The van der Waals surface area contributed by atoms with Gasteiger partial charge in [-0.25, -0.2) is 0 Å². The highest BCUT2D eigenvalue weighted by atomic mass is 35.5. The summed E-state index contributed by atoms with van der Waals surface area (Å²) in [6.07, 6.45) is 1.57. The maximum atomic E-state index is 13.1. The second kappa shape index (κ2) is 11.2. The van der Waals surface area contributed by atoms with Gasteiger partial charge >= 0.3 is 0 Å². The first-order chi connectivity index (χ1) is 13.8. The van der Waals surface area contributed by atoms with Gasteiger partial charge in [0.15, 0.2) is 0 Å². The average molecular weight is 435 g/mol. The van der Waals surface area contributed by atoms with E-state index in [9.17, 15) is 9.59 Å². The van der Waals surface area contributed by atoms with Crippen LogP contribution in [0.25, 0.3) is 0 Å². The van der Waals surface area contributed by atoms with Gasteiger partial charge in [-0.3, -0.25) is 9.59 Å². The van der Waals surface area contributed by atoms with Crippen LogP contribution >= 0.6 is 23.2 Å². The van der Waals surface area contributed by atoms with Crippen LogP contribution in [0.4, 0.5) is 0 Å². The molecule has 0 heterocycles. The number of nitrogens with one attached hydrogen (secondary N) is 1. The molecule has 2 atom stereocenters. The van der Waals surface area contributed by atoms with Crippen molar-refractivity contribution in [2.24, 2.45) is 0 Å². The van der Waals surface area contributed by atoms with Crippen LogP contribution in [0.1, 0.15) is 44.7 Å². The van der Waals surface area contributed by atoms with Crippen LogP contribution < -0.4 is 5.32 Å². The van der Waals surface area contributed by atoms with Crippen LogP contribution in [0, 0.1) is 0 Å². The predicted molar refractivity (Wildman–Crippen MR) is 119 cm³/mol. The van der Waals surface area contributed by atoms with Crippen LogP contribution in [0.3, 0.4) is 0 Å². The van der Waals surface area contributed by atoms with E-state index >= 15 is 0 Å². The standard InChI is InChI=1S/C23H28Cl2N2O2/c1-4-16(3)26-23(29)21(14-17-9-7-6-8-10-17)27(22(28)5-2)15-18-11-12-19(24)20(25)13-18/h6-13,16,21H,4-5,14-15H2,1-3H3,(H,26,29)/t16-,21-/m1/s1. The highest BCUT2D eigenvalue weighted by Gasteiger charge is 2.30. The summed E-state index contributed by atoms with van der Waals surface area (Å²) in [5.74, 6) is -0.235. The summed E-state index contributed by atoms with van der Waals surface area (Å²) >= 11 is 12.2. The smallest absolute Gasteiger partial charge is 0.243 e. The van der Waals surface area contributed by atoms with Gasteiger partial charge in [-0.1, -0.05) is 73.4 Å². The van der Waals surface area contributed by atoms with E-state index in [2.05, 4.69) is 5.32 Å². The van der Waals surface area contributed by atoms with Crippen molar-refractivity contribution < 1.29 is 9.59 Å². The molecule has 0 fully saturated rings. The molecule has 0 unspecified atom stereocenters. The van der Waals surface area contributed by atoms with Gasteiger partial charge in [0.1, 0.15) is 6.04 Å². The quantitative estimate of drug-likeness (QED) is 0.584. The van der Waals surface area contributed by atoms with Crippen LogP contribution in [-0.2, 0) is 22.6 Å². The van der Waals surface area contributed by atoms with Gasteiger partial charge < -0.3 is 10.2 Å². The number of benzene rings is 2. The first-order valence-electron chi connectivity index (χ1n) is 9.93. The van der Waals surface area contributed by atoms with Gasteiger partial charge in [-0.2, -0.15) is 0 Å². The van der Waals surface area contributed by atoms with Crippen molar-refractivity contribution >= 4 is 35.0 Å². The minimum Gasteiger partial charge on any atom is -0.352 e. The second-order valence-electron chi connectivity index (χ2n) is 7.15. The van der Waals surface area contributed by atoms with Crippen molar-refractivity contribution in [3.05, 3.63) is 69.7 Å². The Morgan fingerprint density at radius 2 is 1.69 bits per heavy atom. The molecule has 0 aromatic heterocycles. The number of hydrogen-bond acceptors (Lipinski definition) is 2. The summed E-state index contributed by atoms with van der Waals surface area (Å²) in [4.78, 5) is 27.6. The number of amides is 2. The third-order valence-corrected chi connectivity index (χ3v) is 5.65. The SMILES string of the molecule is CCC(=O)N(Cc1ccc(Cl)c(Cl)c1)[C@H](Cc1ccccc1)C(=O)N[C@H](C)CC. The minimum atomic E-state index is -0.617. The van der Waals surface area contributed by atoms with E-state index in [1.165, 1.54) is 0 Å². The molecule has 0 saturated carbocycles. The lowest BCUT2D eigenvalue weighted by molar-refractivity contribution is -0.141. The lowest BCUT2D eigenvalue weighted by Gasteiger charge is -2.32. The molecule has 6 heteroatoms. The monoisotopic (exact) mass is 434 g/mol. The van der Waals surface area contributed by atoms with Crippen molar-refractivity contribution in [2.45, 2.75) is 58.7 Å². The van der Waals surface area contributed by atoms with E-state index in [4.69, 9.17) is 23.2 Å². The van der Waals surface area contributed by atoms with Crippen molar-refractivity contribution in [1.82, 2.24) is 10.2 Å². The number of hydrogen-bond donors (Lipinski definition) is 1. The van der Waals surface area contributed by atoms with Crippen LogP contribution in [0.5, 0.6) is 0 Å². The number of carbonyl (C=O) groups is 2. The first-order valence-corrected chi connectivity index (χ1v) is 10.7. The number of halogens is 2. The zero-order chi connectivity index (χ0) is 21.4.